The predicted octanol–water partition coefficient (Wildman–Crippen LogP) is 3.45. The molecule has 6 nitrogen and oxygen atoms in total. The second-order valence-corrected chi connectivity index (χ2v) is 8.66. The first-order valence-electron chi connectivity index (χ1n) is 11.0. The van der Waals surface area contributed by atoms with Crippen molar-refractivity contribution < 1.29 is 9.53 Å². The van der Waals surface area contributed by atoms with Gasteiger partial charge in [-0.1, -0.05) is 42.5 Å². The Bertz CT molecular complexity index is 1090. The first-order valence-corrected chi connectivity index (χ1v) is 11.0. The van der Waals surface area contributed by atoms with Crippen LogP contribution in [0.5, 0.6) is 0 Å². The summed E-state index contributed by atoms with van der Waals surface area (Å²) in [6.45, 7) is 3.41. The third-order valence-corrected chi connectivity index (χ3v) is 6.79. The largest absolute Gasteiger partial charge is 0.383 e. The van der Waals surface area contributed by atoms with Crippen LogP contribution in [0, 0.1) is 5.41 Å². The second-order valence-electron chi connectivity index (χ2n) is 8.66. The number of amides is 1. The fourth-order valence-electron chi connectivity index (χ4n) is 4.96. The van der Waals surface area contributed by atoms with Gasteiger partial charge in [-0.05, 0) is 36.5 Å². The standard InChI is InChI=1S/C25H28N4O2/c1-31-15-14-29-18-21-8-3-2-6-19(21)16-25(23(29)30)10-12-28(13-11-25)24-26-17-20-7-4-5-9-22(20)27-24/h2-9,17H,10-16,18H2,1H3. The lowest BCUT2D eigenvalue weighted by Gasteiger charge is -2.42. The molecule has 5 rings (SSSR count). The third kappa shape index (κ3) is 3.76. The Morgan fingerprint density at radius 1 is 1.03 bits per heavy atom. The summed E-state index contributed by atoms with van der Waals surface area (Å²) in [6.07, 6.45) is 4.30. The third-order valence-electron chi connectivity index (χ3n) is 6.79. The van der Waals surface area contributed by atoms with Gasteiger partial charge in [-0.15, -0.1) is 0 Å². The first kappa shape index (κ1) is 19.9. The van der Waals surface area contributed by atoms with Gasteiger partial charge in [-0.3, -0.25) is 4.79 Å². The number of carbonyl (C=O) groups excluding carboxylic acids is 1. The number of benzene rings is 2. The molecule has 1 amide bonds. The Kier molecular flexibility index (Phi) is 5.32. The molecular weight excluding hydrogens is 388 g/mol. The van der Waals surface area contributed by atoms with Crippen LogP contribution >= 0.6 is 0 Å². The molecule has 0 bridgehead atoms. The summed E-state index contributed by atoms with van der Waals surface area (Å²) in [4.78, 5) is 27.3. The van der Waals surface area contributed by atoms with Gasteiger partial charge >= 0.3 is 0 Å². The molecular formula is C25H28N4O2. The number of aromatic nitrogens is 2. The highest BCUT2D eigenvalue weighted by molar-refractivity contribution is 5.84. The lowest BCUT2D eigenvalue weighted by atomic mass is 9.73. The molecule has 0 saturated carbocycles. The van der Waals surface area contributed by atoms with E-state index in [0.29, 0.717) is 19.7 Å². The Labute approximate surface area is 182 Å². The molecule has 6 heteroatoms. The lowest BCUT2D eigenvalue weighted by molar-refractivity contribution is -0.144. The number of nitrogens with zero attached hydrogens (tertiary/aromatic N) is 4. The van der Waals surface area contributed by atoms with E-state index >= 15 is 0 Å². The van der Waals surface area contributed by atoms with Crippen molar-refractivity contribution in [3.63, 3.8) is 0 Å². The fraction of sp³-hybridized carbons (Fsp3) is 0.400. The molecule has 0 aliphatic carbocycles. The van der Waals surface area contributed by atoms with Gasteiger partial charge in [0.15, 0.2) is 0 Å². The summed E-state index contributed by atoms with van der Waals surface area (Å²) in [5.41, 5.74) is 3.14. The number of methoxy groups -OCH3 is 1. The van der Waals surface area contributed by atoms with Crippen molar-refractivity contribution in [2.75, 3.05) is 38.3 Å². The smallest absolute Gasteiger partial charge is 0.229 e. The van der Waals surface area contributed by atoms with Crippen LogP contribution in [0.1, 0.15) is 24.0 Å². The van der Waals surface area contributed by atoms with E-state index in [-0.39, 0.29) is 11.3 Å². The molecule has 0 radical (unpaired) electrons. The van der Waals surface area contributed by atoms with Crippen molar-refractivity contribution in [1.82, 2.24) is 14.9 Å². The van der Waals surface area contributed by atoms with Crippen LogP contribution < -0.4 is 4.90 Å². The summed E-state index contributed by atoms with van der Waals surface area (Å²) in [7, 11) is 1.69. The van der Waals surface area contributed by atoms with Crippen LogP contribution in [-0.4, -0.2) is 54.1 Å². The monoisotopic (exact) mass is 416 g/mol. The van der Waals surface area contributed by atoms with Gasteiger partial charge in [-0.2, -0.15) is 0 Å². The van der Waals surface area contributed by atoms with Crippen LogP contribution in [0.2, 0.25) is 0 Å². The van der Waals surface area contributed by atoms with E-state index in [1.165, 1.54) is 11.1 Å². The van der Waals surface area contributed by atoms with Gasteiger partial charge in [0.25, 0.3) is 0 Å². The molecule has 0 unspecified atom stereocenters. The first-order chi connectivity index (χ1) is 15.2. The molecule has 1 spiro atoms. The number of carbonyl (C=O) groups is 1. The van der Waals surface area contributed by atoms with E-state index in [4.69, 9.17) is 9.72 Å². The lowest BCUT2D eigenvalue weighted by Crippen LogP contribution is -2.51. The minimum atomic E-state index is -0.367. The van der Waals surface area contributed by atoms with Gasteiger partial charge in [0.2, 0.25) is 11.9 Å². The number of hydrogen-bond acceptors (Lipinski definition) is 5. The highest BCUT2D eigenvalue weighted by atomic mass is 16.5. The topological polar surface area (TPSA) is 58.6 Å². The molecule has 31 heavy (non-hydrogen) atoms. The average Bonchev–Trinajstić information content (AvgIpc) is 2.93. The summed E-state index contributed by atoms with van der Waals surface area (Å²) in [5.74, 6) is 1.02. The number of ether oxygens (including phenoxy) is 1. The maximum atomic E-state index is 13.7. The van der Waals surface area contributed by atoms with Crippen LogP contribution in [0.4, 0.5) is 5.95 Å². The van der Waals surface area contributed by atoms with Crippen molar-refractivity contribution in [2.24, 2.45) is 5.41 Å². The zero-order valence-electron chi connectivity index (χ0n) is 18.0. The number of hydrogen-bond donors (Lipinski definition) is 0. The number of rotatable bonds is 4. The molecule has 2 aliphatic rings. The maximum absolute atomic E-state index is 13.7. The van der Waals surface area contributed by atoms with E-state index in [2.05, 4.69) is 34.1 Å². The molecule has 3 heterocycles. The normalized spacial score (nSPS) is 18.3. The number of para-hydroxylation sites is 1. The Hall–Kier alpha value is -2.99. The molecule has 3 aromatic rings. The van der Waals surface area contributed by atoms with E-state index < -0.39 is 0 Å². The summed E-state index contributed by atoms with van der Waals surface area (Å²) < 4.78 is 5.29. The highest BCUT2D eigenvalue weighted by Crippen LogP contribution is 2.41. The Morgan fingerprint density at radius 2 is 1.77 bits per heavy atom. The van der Waals surface area contributed by atoms with Gasteiger partial charge in [0.1, 0.15) is 0 Å². The van der Waals surface area contributed by atoms with E-state index in [9.17, 15) is 4.79 Å². The number of anilines is 1. The minimum absolute atomic E-state index is 0.264. The summed E-state index contributed by atoms with van der Waals surface area (Å²) >= 11 is 0. The Balaban J connectivity index is 1.40. The molecule has 2 aliphatic heterocycles. The van der Waals surface area contributed by atoms with Crippen molar-refractivity contribution in [2.45, 2.75) is 25.8 Å². The molecule has 160 valence electrons. The zero-order valence-corrected chi connectivity index (χ0v) is 18.0. The van der Waals surface area contributed by atoms with Gasteiger partial charge in [0.05, 0.1) is 17.5 Å². The van der Waals surface area contributed by atoms with Crippen LogP contribution in [0.3, 0.4) is 0 Å². The van der Waals surface area contributed by atoms with Crippen molar-refractivity contribution >= 4 is 22.8 Å². The highest BCUT2D eigenvalue weighted by Gasteiger charge is 2.45. The maximum Gasteiger partial charge on any atom is 0.229 e. The number of fused-ring (bicyclic) bond motifs is 2. The molecule has 0 N–H and O–H groups in total. The van der Waals surface area contributed by atoms with Crippen molar-refractivity contribution in [3.05, 3.63) is 65.9 Å². The molecule has 1 aromatic heterocycles. The fourth-order valence-corrected chi connectivity index (χ4v) is 4.96. The van der Waals surface area contributed by atoms with Crippen molar-refractivity contribution in [1.29, 1.82) is 0 Å². The molecule has 0 atom stereocenters. The van der Waals surface area contributed by atoms with E-state index in [1.54, 1.807) is 7.11 Å². The summed E-state index contributed by atoms with van der Waals surface area (Å²) in [6, 6.07) is 16.5. The second kappa shape index (κ2) is 8.27. The predicted molar refractivity (Wildman–Crippen MR) is 121 cm³/mol. The zero-order chi connectivity index (χ0) is 21.3. The van der Waals surface area contributed by atoms with E-state index in [0.717, 1.165) is 49.2 Å². The molecule has 2 aromatic carbocycles. The van der Waals surface area contributed by atoms with Gasteiger partial charge in [-0.25, -0.2) is 9.97 Å². The minimum Gasteiger partial charge on any atom is -0.383 e. The van der Waals surface area contributed by atoms with Crippen LogP contribution in [0.25, 0.3) is 10.9 Å². The van der Waals surface area contributed by atoms with E-state index in [1.807, 2.05) is 35.4 Å². The molecule has 1 fully saturated rings. The SMILES string of the molecule is COCCN1Cc2ccccc2CC2(CCN(c3ncc4ccccc4n3)CC2)C1=O. The summed E-state index contributed by atoms with van der Waals surface area (Å²) in [5, 5.41) is 1.05. The van der Waals surface area contributed by atoms with Crippen molar-refractivity contribution in [3.8, 4) is 0 Å². The quantitative estimate of drug-likeness (QED) is 0.652. The van der Waals surface area contributed by atoms with Crippen LogP contribution in [0.15, 0.2) is 54.7 Å². The van der Waals surface area contributed by atoms with Crippen LogP contribution in [-0.2, 0) is 22.5 Å². The van der Waals surface area contributed by atoms with Gasteiger partial charge in [0, 0.05) is 44.9 Å². The number of piperidine rings is 1. The average molecular weight is 417 g/mol. The molecule has 1 saturated heterocycles. The Morgan fingerprint density at radius 3 is 2.58 bits per heavy atom. The van der Waals surface area contributed by atoms with Gasteiger partial charge < -0.3 is 14.5 Å².